The fourth-order valence-corrected chi connectivity index (χ4v) is 1.70. The third kappa shape index (κ3) is 1.36. The quantitative estimate of drug-likeness (QED) is 0.679. The van der Waals surface area contributed by atoms with Gasteiger partial charge in [-0.15, -0.1) is 0 Å². The summed E-state index contributed by atoms with van der Waals surface area (Å²) in [4.78, 5) is 16.9. The van der Waals surface area contributed by atoms with Crippen LogP contribution in [0.25, 0.3) is 10.9 Å². The Kier molecular flexibility index (Phi) is 2.17. The smallest absolute Gasteiger partial charge is 0.259 e. The molecule has 2 aromatic rings. The van der Waals surface area contributed by atoms with Crippen LogP contribution in [0, 0.1) is 11.7 Å². The fourth-order valence-electron chi connectivity index (χ4n) is 1.35. The molecule has 2 N–H and O–H groups in total. The molecule has 0 bridgehead atoms. The maximum Gasteiger partial charge on any atom is 0.259 e. The van der Waals surface area contributed by atoms with E-state index in [1.807, 2.05) is 6.92 Å². The normalized spacial score (nSPS) is 10.7. The Morgan fingerprint density at radius 2 is 2.07 bits per heavy atom. The third-order valence-electron chi connectivity index (χ3n) is 2.11. The minimum absolute atomic E-state index is 0.191. The lowest BCUT2D eigenvalue weighted by Gasteiger charge is -2.02. The maximum atomic E-state index is 11.5. The van der Waals surface area contributed by atoms with E-state index in [0.29, 0.717) is 20.7 Å². The van der Waals surface area contributed by atoms with Crippen molar-refractivity contribution in [2.75, 3.05) is 0 Å². The van der Waals surface area contributed by atoms with Gasteiger partial charge in [0.2, 0.25) is 0 Å². The molecule has 1 heterocycles. The van der Waals surface area contributed by atoms with Crippen molar-refractivity contribution in [1.82, 2.24) is 9.97 Å². The van der Waals surface area contributed by atoms with Crippen molar-refractivity contribution in [2.24, 2.45) is 0 Å². The predicted octanol–water partition coefficient (Wildman–Crippen LogP) is 2.55. The number of halogens is 1. The second-order valence-corrected chi connectivity index (χ2v) is 3.82. The Hall–Kier alpha value is -1.13. The number of aromatic nitrogens is 2. The molecule has 0 unspecified atom stereocenters. The molecule has 0 amide bonds. The molecule has 0 fully saturated rings. The highest BCUT2D eigenvalue weighted by atomic mass is 35.5. The van der Waals surface area contributed by atoms with Crippen LogP contribution in [0.1, 0.15) is 5.56 Å². The van der Waals surface area contributed by atoms with Crippen LogP contribution in [0.3, 0.4) is 0 Å². The van der Waals surface area contributed by atoms with Crippen LogP contribution in [0.2, 0.25) is 5.02 Å². The molecular weight excluding hydrogens is 220 g/mol. The van der Waals surface area contributed by atoms with Gasteiger partial charge in [-0.05, 0) is 36.8 Å². The Balaban J connectivity index is 3.10. The molecule has 3 nitrogen and oxygen atoms in total. The van der Waals surface area contributed by atoms with Gasteiger partial charge in [-0.3, -0.25) is 9.78 Å². The van der Waals surface area contributed by atoms with E-state index < -0.39 is 0 Å². The second-order valence-electron chi connectivity index (χ2n) is 3.00. The van der Waals surface area contributed by atoms with E-state index in [4.69, 9.17) is 23.8 Å². The number of aromatic amines is 2. The van der Waals surface area contributed by atoms with Gasteiger partial charge in [0.15, 0.2) is 4.77 Å². The van der Waals surface area contributed by atoms with Gasteiger partial charge in [0.05, 0.1) is 10.9 Å². The van der Waals surface area contributed by atoms with E-state index >= 15 is 0 Å². The number of benzene rings is 1. The molecule has 0 aliphatic carbocycles. The van der Waals surface area contributed by atoms with Crippen LogP contribution in [0.5, 0.6) is 0 Å². The van der Waals surface area contributed by atoms with Gasteiger partial charge in [-0.1, -0.05) is 11.6 Å². The van der Waals surface area contributed by atoms with Gasteiger partial charge in [0.1, 0.15) is 0 Å². The first-order chi connectivity index (χ1) is 6.59. The van der Waals surface area contributed by atoms with Crippen molar-refractivity contribution in [3.05, 3.63) is 37.8 Å². The number of hydrogen-bond acceptors (Lipinski definition) is 2. The SMILES string of the molecule is Cc1c(Cl)ccc2c(=O)[nH]c(=S)[nH]c12. The van der Waals surface area contributed by atoms with Crippen molar-refractivity contribution in [2.45, 2.75) is 6.92 Å². The van der Waals surface area contributed by atoms with E-state index in [1.165, 1.54) is 0 Å². The Bertz CT molecular complexity index is 614. The summed E-state index contributed by atoms with van der Waals surface area (Å²) in [7, 11) is 0. The summed E-state index contributed by atoms with van der Waals surface area (Å²) in [5, 5.41) is 1.19. The van der Waals surface area contributed by atoms with Crippen LogP contribution < -0.4 is 5.56 Å². The predicted molar refractivity (Wildman–Crippen MR) is 59.5 cm³/mol. The van der Waals surface area contributed by atoms with Crippen LogP contribution in [0.15, 0.2) is 16.9 Å². The van der Waals surface area contributed by atoms with Crippen LogP contribution in [-0.4, -0.2) is 9.97 Å². The number of nitrogens with one attached hydrogen (secondary N) is 2. The molecule has 0 aliphatic rings. The highest BCUT2D eigenvalue weighted by Crippen LogP contribution is 2.20. The largest absolute Gasteiger partial charge is 0.331 e. The van der Waals surface area contributed by atoms with Gasteiger partial charge >= 0.3 is 0 Å². The molecule has 0 atom stereocenters. The molecular formula is C9H7ClN2OS. The van der Waals surface area contributed by atoms with Crippen molar-refractivity contribution < 1.29 is 0 Å². The minimum atomic E-state index is -0.191. The summed E-state index contributed by atoms with van der Waals surface area (Å²) in [6.45, 7) is 1.84. The summed E-state index contributed by atoms with van der Waals surface area (Å²) in [5.41, 5.74) is 1.34. The number of fused-ring (bicyclic) bond motifs is 1. The summed E-state index contributed by atoms with van der Waals surface area (Å²) in [6, 6.07) is 3.38. The van der Waals surface area contributed by atoms with E-state index in [1.54, 1.807) is 12.1 Å². The molecule has 2 rings (SSSR count). The van der Waals surface area contributed by atoms with Crippen LogP contribution in [0.4, 0.5) is 0 Å². The van der Waals surface area contributed by atoms with E-state index in [9.17, 15) is 4.79 Å². The summed E-state index contributed by atoms with van der Waals surface area (Å²) >= 11 is 10.8. The van der Waals surface area contributed by atoms with Crippen molar-refractivity contribution >= 4 is 34.7 Å². The van der Waals surface area contributed by atoms with Crippen molar-refractivity contribution in [3.8, 4) is 0 Å². The molecule has 0 saturated carbocycles. The molecule has 72 valence electrons. The number of H-pyrrole nitrogens is 2. The van der Waals surface area contributed by atoms with E-state index in [-0.39, 0.29) is 5.56 Å². The van der Waals surface area contributed by atoms with Crippen molar-refractivity contribution in [1.29, 1.82) is 0 Å². The molecule has 1 aromatic heterocycles. The minimum Gasteiger partial charge on any atom is -0.331 e. The lowest BCUT2D eigenvalue weighted by atomic mass is 10.1. The molecule has 0 spiro atoms. The summed E-state index contributed by atoms with van der Waals surface area (Å²) < 4.78 is 0.313. The van der Waals surface area contributed by atoms with Gasteiger partial charge < -0.3 is 4.98 Å². The lowest BCUT2D eigenvalue weighted by Crippen LogP contribution is -2.08. The first-order valence-corrected chi connectivity index (χ1v) is 4.79. The standard InChI is InChI=1S/C9H7ClN2OS/c1-4-6(10)3-2-5-7(4)11-9(14)12-8(5)13/h2-3H,1H3,(H2,11,12,13,14). The highest BCUT2D eigenvalue weighted by Gasteiger charge is 2.04. The molecule has 0 aliphatic heterocycles. The average Bonchev–Trinajstić information content (AvgIpc) is 2.12. The number of rotatable bonds is 0. The zero-order valence-corrected chi connectivity index (χ0v) is 8.92. The van der Waals surface area contributed by atoms with Crippen molar-refractivity contribution in [3.63, 3.8) is 0 Å². The molecule has 5 heteroatoms. The van der Waals surface area contributed by atoms with Crippen LogP contribution in [-0.2, 0) is 0 Å². The average molecular weight is 227 g/mol. The van der Waals surface area contributed by atoms with Gasteiger partial charge in [0.25, 0.3) is 5.56 Å². The van der Waals surface area contributed by atoms with Gasteiger partial charge in [-0.2, -0.15) is 0 Å². The van der Waals surface area contributed by atoms with Gasteiger partial charge in [0, 0.05) is 5.02 Å². The molecule has 1 aromatic carbocycles. The highest BCUT2D eigenvalue weighted by molar-refractivity contribution is 7.71. The van der Waals surface area contributed by atoms with Gasteiger partial charge in [-0.25, -0.2) is 0 Å². The molecule has 0 radical (unpaired) electrons. The zero-order chi connectivity index (χ0) is 10.3. The Morgan fingerprint density at radius 3 is 2.79 bits per heavy atom. The first kappa shape index (κ1) is 9.43. The second kappa shape index (κ2) is 3.22. The summed E-state index contributed by atoms with van der Waals surface area (Å²) in [6.07, 6.45) is 0. The maximum absolute atomic E-state index is 11.5. The topological polar surface area (TPSA) is 48.6 Å². The Morgan fingerprint density at radius 1 is 1.36 bits per heavy atom. The monoisotopic (exact) mass is 226 g/mol. The first-order valence-electron chi connectivity index (χ1n) is 4.01. The molecule has 0 saturated heterocycles. The van der Waals surface area contributed by atoms with E-state index in [0.717, 1.165) is 5.56 Å². The number of aryl methyl sites for hydroxylation is 1. The van der Waals surface area contributed by atoms with Crippen LogP contribution >= 0.6 is 23.8 Å². The zero-order valence-electron chi connectivity index (χ0n) is 7.35. The number of hydrogen-bond donors (Lipinski definition) is 2. The third-order valence-corrected chi connectivity index (χ3v) is 2.72. The fraction of sp³-hybridized carbons (Fsp3) is 0.111. The van der Waals surface area contributed by atoms with E-state index in [2.05, 4.69) is 9.97 Å². The molecule has 14 heavy (non-hydrogen) atoms. The summed E-state index contributed by atoms with van der Waals surface area (Å²) in [5.74, 6) is 0. The Labute approximate surface area is 89.7 Å². The lowest BCUT2D eigenvalue weighted by molar-refractivity contribution is 1.13.